The normalized spacial score (nSPS) is 26.1. The van der Waals surface area contributed by atoms with E-state index in [1.165, 1.54) is 48.8 Å². The zero-order valence-corrected chi connectivity index (χ0v) is 22.1. The molecule has 40 heavy (non-hydrogen) atoms. The number of halogens is 4. The number of methoxy groups -OCH3 is 1. The second-order valence-corrected chi connectivity index (χ2v) is 10.5. The van der Waals surface area contributed by atoms with Gasteiger partial charge in [-0.15, -0.1) is 11.6 Å². The molecule has 5 atom stereocenters. The Morgan fingerprint density at radius 2 is 1.98 bits per heavy atom. The van der Waals surface area contributed by atoms with Crippen molar-refractivity contribution in [1.82, 2.24) is 15.3 Å². The first-order valence-corrected chi connectivity index (χ1v) is 13.1. The van der Waals surface area contributed by atoms with Crippen LogP contribution in [-0.2, 0) is 10.4 Å². The molecule has 3 heterocycles. The van der Waals surface area contributed by atoms with Crippen molar-refractivity contribution in [1.29, 1.82) is 0 Å². The molecule has 0 bridgehead atoms. The summed E-state index contributed by atoms with van der Waals surface area (Å²) in [6.07, 6.45) is 1.24. The van der Waals surface area contributed by atoms with Gasteiger partial charge in [-0.05, 0) is 43.0 Å². The van der Waals surface area contributed by atoms with Crippen LogP contribution in [0.15, 0.2) is 61.1 Å². The van der Waals surface area contributed by atoms with Crippen molar-refractivity contribution in [2.45, 2.75) is 36.3 Å². The second kappa shape index (κ2) is 11.1. The van der Waals surface area contributed by atoms with Gasteiger partial charge in [0.2, 0.25) is 6.43 Å². The monoisotopic (exact) mass is 574 g/mol. The van der Waals surface area contributed by atoms with Gasteiger partial charge >= 0.3 is 0 Å². The molecule has 1 saturated carbocycles. The van der Waals surface area contributed by atoms with Crippen LogP contribution in [0.1, 0.15) is 34.3 Å². The number of carbonyl (C=O) groups is 2. The van der Waals surface area contributed by atoms with E-state index in [-0.39, 0.29) is 42.0 Å². The Morgan fingerprint density at radius 3 is 2.67 bits per heavy atom. The van der Waals surface area contributed by atoms with E-state index in [1.807, 2.05) is 0 Å². The molecule has 2 N–H and O–H groups in total. The number of para-hydroxylation sites is 1. The van der Waals surface area contributed by atoms with E-state index in [0.29, 0.717) is 5.69 Å². The van der Waals surface area contributed by atoms with Crippen LogP contribution >= 0.6 is 11.6 Å². The number of pyridine rings is 2. The summed E-state index contributed by atoms with van der Waals surface area (Å²) < 4.78 is 48.6. The highest BCUT2D eigenvalue weighted by molar-refractivity contribution is 6.21. The predicted molar refractivity (Wildman–Crippen MR) is 140 cm³/mol. The quantitative estimate of drug-likeness (QED) is 0.415. The third-order valence-corrected chi connectivity index (χ3v) is 8.18. The summed E-state index contributed by atoms with van der Waals surface area (Å²) in [5, 5.41) is 13.7. The molecule has 2 aromatic heterocycles. The molecule has 8 nitrogen and oxygen atoms in total. The summed E-state index contributed by atoms with van der Waals surface area (Å²) in [6.45, 7) is -0.0946. The molecule has 1 aliphatic heterocycles. The summed E-state index contributed by atoms with van der Waals surface area (Å²) in [7, 11) is 1.21. The van der Waals surface area contributed by atoms with Crippen molar-refractivity contribution < 1.29 is 32.6 Å². The maximum absolute atomic E-state index is 15.2. The number of hydrogen-bond acceptors (Lipinski definition) is 6. The van der Waals surface area contributed by atoms with Crippen molar-refractivity contribution >= 4 is 29.1 Å². The SMILES string of the molecule is COc1nccc([C@@]2(O)C(=O)N(C[C@H]3C[C@@H](C(F)F)[C@H](NC(=O)c4cccnc4)C[C@H]3Cl)c3ccccc32)c1F. The van der Waals surface area contributed by atoms with Crippen molar-refractivity contribution in [3.63, 3.8) is 0 Å². The first-order valence-electron chi connectivity index (χ1n) is 12.6. The number of aromatic nitrogens is 2. The molecule has 0 spiro atoms. The first kappa shape index (κ1) is 27.9. The highest BCUT2D eigenvalue weighted by Gasteiger charge is 2.54. The van der Waals surface area contributed by atoms with E-state index in [1.54, 1.807) is 24.3 Å². The average molecular weight is 575 g/mol. The molecule has 5 rings (SSSR count). The molecule has 1 aromatic carbocycles. The fourth-order valence-electron chi connectivity index (χ4n) is 5.61. The number of benzene rings is 1. The molecule has 2 amide bonds. The van der Waals surface area contributed by atoms with E-state index in [4.69, 9.17) is 16.3 Å². The number of nitrogens with zero attached hydrogens (tertiary/aromatic N) is 3. The molecule has 1 aliphatic carbocycles. The summed E-state index contributed by atoms with van der Waals surface area (Å²) in [4.78, 5) is 35.4. The lowest BCUT2D eigenvalue weighted by atomic mass is 9.77. The summed E-state index contributed by atoms with van der Waals surface area (Å²) >= 11 is 6.69. The van der Waals surface area contributed by atoms with Crippen LogP contribution in [0.2, 0.25) is 0 Å². The smallest absolute Gasteiger partial charge is 0.268 e. The largest absolute Gasteiger partial charge is 0.479 e. The third-order valence-electron chi connectivity index (χ3n) is 7.64. The number of hydrogen-bond donors (Lipinski definition) is 2. The van der Waals surface area contributed by atoms with Crippen LogP contribution in [0.5, 0.6) is 5.88 Å². The highest BCUT2D eigenvalue weighted by atomic mass is 35.5. The lowest BCUT2D eigenvalue weighted by Gasteiger charge is -2.40. The molecule has 12 heteroatoms. The van der Waals surface area contributed by atoms with E-state index in [2.05, 4.69) is 15.3 Å². The molecule has 0 radical (unpaired) electrons. The van der Waals surface area contributed by atoms with Gasteiger partial charge in [-0.1, -0.05) is 18.2 Å². The Morgan fingerprint density at radius 1 is 1.20 bits per heavy atom. The van der Waals surface area contributed by atoms with Crippen LogP contribution in [0.25, 0.3) is 0 Å². The second-order valence-electron chi connectivity index (χ2n) is 9.89. The standard InChI is InChI=1S/C28H26ClF3N4O4/c1-40-26-23(30)19(8-10-34-26)28(39)18-6-2-3-7-22(18)36(27(28)38)14-16-11-17(24(31)32)21(12-20(16)29)35-25(37)15-5-4-9-33-13-15/h2-10,13,16-17,20-21,24,39H,11-12,14H2,1H3,(H,35,37)/t16-,17-,20-,21-,28-/m1/s1. The van der Waals surface area contributed by atoms with Gasteiger partial charge in [-0.3, -0.25) is 14.6 Å². The molecular formula is C28H26ClF3N4O4. The Labute approximate surface area is 233 Å². The van der Waals surface area contributed by atoms with Crippen LogP contribution < -0.4 is 15.0 Å². The van der Waals surface area contributed by atoms with Gasteiger partial charge in [0.15, 0.2) is 11.4 Å². The van der Waals surface area contributed by atoms with Crippen molar-refractivity contribution in [3.05, 3.63) is 83.6 Å². The molecule has 0 unspecified atom stereocenters. The Bertz CT molecular complexity index is 1420. The van der Waals surface area contributed by atoms with Gasteiger partial charge in [0.1, 0.15) is 0 Å². The van der Waals surface area contributed by atoms with Crippen LogP contribution in [0.3, 0.4) is 0 Å². The van der Waals surface area contributed by atoms with Gasteiger partial charge < -0.3 is 20.1 Å². The minimum atomic E-state index is -2.76. The number of ether oxygens (including phenoxy) is 1. The molecular weight excluding hydrogens is 549 g/mol. The van der Waals surface area contributed by atoms with E-state index in [0.717, 1.165) is 0 Å². The lowest BCUT2D eigenvalue weighted by Crippen LogP contribution is -2.52. The van der Waals surface area contributed by atoms with Gasteiger partial charge in [-0.2, -0.15) is 0 Å². The van der Waals surface area contributed by atoms with E-state index >= 15 is 4.39 Å². The molecule has 2 aliphatic rings. The summed E-state index contributed by atoms with van der Waals surface area (Å²) in [6, 6.07) is 9.75. The molecule has 3 aromatic rings. The van der Waals surface area contributed by atoms with Crippen LogP contribution in [0.4, 0.5) is 18.9 Å². The number of nitrogens with one attached hydrogen (secondary N) is 1. The van der Waals surface area contributed by atoms with Crippen molar-refractivity contribution in [3.8, 4) is 5.88 Å². The average Bonchev–Trinajstić information content (AvgIpc) is 3.17. The molecule has 210 valence electrons. The minimum Gasteiger partial charge on any atom is -0.479 e. The minimum absolute atomic E-state index is 0.0390. The number of carbonyl (C=O) groups excluding carboxylic acids is 2. The number of alkyl halides is 3. The topological polar surface area (TPSA) is 105 Å². The fraction of sp³-hybridized carbons (Fsp3) is 0.357. The predicted octanol–water partition coefficient (Wildman–Crippen LogP) is 3.90. The Balaban J connectivity index is 1.41. The van der Waals surface area contributed by atoms with E-state index in [9.17, 15) is 23.5 Å². The van der Waals surface area contributed by atoms with Gasteiger partial charge in [-0.25, -0.2) is 18.2 Å². The fourth-order valence-corrected chi connectivity index (χ4v) is 5.99. The first-order chi connectivity index (χ1) is 19.2. The number of anilines is 1. The third kappa shape index (κ3) is 4.77. The maximum atomic E-state index is 15.2. The van der Waals surface area contributed by atoms with Crippen molar-refractivity contribution in [2.75, 3.05) is 18.6 Å². The van der Waals surface area contributed by atoms with E-state index < -0.39 is 52.9 Å². The van der Waals surface area contributed by atoms with Crippen molar-refractivity contribution in [2.24, 2.45) is 11.8 Å². The van der Waals surface area contributed by atoms with Crippen LogP contribution in [-0.4, -0.2) is 58.4 Å². The number of aliphatic hydroxyl groups is 1. The van der Waals surface area contributed by atoms with Crippen LogP contribution in [0, 0.1) is 17.7 Å². The van der Waals surface area contributed by atoms with Gasteiger partial charge in [0.25, 0.3) is 17.7 Å². The zero-order valence-electron chi connectivity index (χ0n) is 21.3. The Kier molecular flexibility index (Phi) is 7.70. The molecule has 0 saturated heterocycles. The zero-order chi connectivity index (χ0) is 28.6. The number of fused-ring (bicyclic) bond motifs is 1. The summed E-state index contributed by atoms with van der Waals surface area (Å²) in [5.41, 5.74) is -2.04. The maximum Gasteiger partial charge on any atom is 0.268 e. The lowest BCUT2D eigenvalue weighted by molar-refractivity contribution is -0.132. The summed E-state index contributed by atoms with van der Waals surface area (Å²) in [5.74, 6) is -4.59. The Hall–Kier alpha value is -3.70. The molecule has 1 fully saturated rings. The number of rotatable bonds is 7. The van der Waals surface area contributed by atoms with Gasteiger partial charge in [0, 0.05) is 53.6 Å². The van der Waals surface area contributed by atoms with Gasteiger partial charge in [0.05, 0.1) is 18.4 Å². The highest BCUT2D eigenvalue weighted by Crippen LogP contribution is 2.47. The number of amides is 2.